The smallest absolute Gasteiger partial charge is 0.230 e. The molecule has 0 unspecified atom stereocenters. The molecule has 23 heavy (non-hydrogen) atoms. The summed E-state index contributed by atoms with van der Waals surface area (Å²) in [6.45, 7) is 2.00. The standard InChI is InChI=1S/C18H26N2O2S/c1-14-6-4-9-16(12-14)20-17(21)10-5-11-23-13-18(22)19-15-7-2-3-8-15/h4,6,9,12,15H,2-3,5,7-8,10-11,13H2,1H3,(H,19,22)(H,20,21). The highest BCUT2D eigenvalue weighted by Crippen LogP contribution is 2.18. The molecule has 1 aromatic rings. The van der Waals surface area contributed by atoms with E-state index in [1.165, 1.54) is 12.8 Å². The minimum atomic E-state index is 0.0339. The summed E-state index contributed by atoms with van der Waals surface area (Å²) in [5, 5.41) is 5.98. The molecule has 126 valence electrons. The summed E-state index contributed by atoms with van der Waals surface area (Å²) in [6.07, 6.45) is 5.98. The van der Waals surface area contributed by atoms with E-state index in [4.69, 9.17) is 0 Å². The third-order valence-corrected chi connectivity index (χ3v) is 4.99. The predicted molar refractivity (Wildman–Crippen MR) is 96.8 cm³/mol. The van der Waals surface area contributed by atoms with Gasteiger partial charge in [-0.2, -0.15) is 11.8 Å². The fraction of sp³-hybridized carbons (Fsp3) is 0.556. The summed E-state index contributed by atoms with van der Waals surface area (Å²) in [6, 6.07) is 8.18. The first kappa shape index (κ1) is 17.9. The van der Waals surface area contributed by atoms with E-state index in [1.54, 1.807) is 11.8 Å². The van der Waals surface area contributed by atoms with Crippen LogP contribution in [0.3, 0.4) is 0 Å². The molecule has 1 aliphatic carbocycles. The van der Waals surface area contributed by atoms with Gasteiger partial charge in [0, 0.05) is 18.2 Å². The fourth-order valence-electron chi connectivity index (χ4n) is 2.79. The quantitative estimate of drug-likeness (QED) is 0.715. The number of anilines is 1. The van der Waals surface area contributed by atoms with E-state index < -0.39 is 0 Å². The largest absolute Gasteiger partial charge is 0.353 e. The summed E-state index contributed by atoms with van der Waals surface area (Å²) in [7, 11) is 0. The number of carbonyl (C=O) groups is 2. The van der Waals surface area contributed by atoms with E-state index in [-0.39, 0.29) is 11.8 Å². The molecule has 1 saturated carbocycles. The highest BCUT2D eigenvalue weighted by atomic mass is 32.2. The van der Waals surface area contributed by atoms with Crippen LogP contribution >= 0.6 is 11.8 Å². The molecule has 2 rings (SSSR count). The van der Waals surface area contributed by atoms with E-state index in [2.05, 4.69) is 10.6 Å². The van der Waals surface area contributed by atoms with Crippen molar-refractivity contribution in [3.05, 3.63) is 29.8 Å². The number of nitrogens with one attached hydrogen (secondary N) is 2. The topological polar surface area (TPSA) is 58.2 Å². The summed E-state index contributed by atoms with van der Waals surface area (Å²) < 4.78 is 0. The van der Waals surface area contributed by atoms with Gasteiger partial charge in [-0.1, -0.05) is 25.0 Å². The van der Waals surface area contributed by atoms with Gasteiger partial charge in [-0.3, -0.25) is 9.59 Å². The Bertz CT molecular complexity index is 528. The van der Waals surface area contributed by atoms with E-state index in [1.807, 2.05) is 31.2 Å². The van der Waals surface area contributed by atoms with Crippen LogP contribution in [-0.2, 0) is 9.59 Å². The Labute approximate surface area is 142 Å². The van der Waals surface area contributed by atoms with Gasteiger partial charge in [0.1, 0.15) is 0 Å². The van der Waals surface area contributed by atoms with Gasteiger partial charge in [-0.05, 0) is 49.6 Å². The van der Waals surface area contributed by atoms with Crippen molar-refractivity contribution in [2.24, 2.45) is 0 Å². The van der Waals surface area contributed by atoms with Gasteiger partial charge in [0.25, 0.3) is 0 Å². The summed E-state index contributed by atoms with van der Waals surface area (Å²) in [5.41, 5.74) is 1.98. The second-order valence-electron chi connectivity index (χ2n) is 6.12. The van der Waals surface area contributed by atoms with Gasteiger partial charge in [0.2, 0.25) is 11.8 Å². The fourth-order valence-corrected chi connectivity index (χ4v) is 3.55. The van der Waals surface area contributed by atoms with Crippen molar-refractivity contribution in [1.82, 2.24) is 5.32 Å². The highest BCUT2D eigenvalue weighted by Gasteiger charge is 2.16. The van der Waals surface area contributed by atoms with Crippen molar-refractivity contribution < 1.29 is 9.59 Å². The van der Waals surface area contributed by atoms with Gasteiger partial charge in [0.05, 0.1) is 5.75 Å². The molecule has 0 bridgehead atoms. The monoisotopic (exact) mass is 334 g/mol. The first-order chi connectivity index (χ1) is 11.1. The van der Waals surface area contributed by atoms with Crippen molar-refractivity contribution in [1.29, 1.82) is 0 Å². The summed E-state index contributed by atoms with van der Waals surface area (Å²) >= 11 is 1.60. The average Bonchev–Trinajstić information content (AvgIpc) is 2.99. The Morgan fingerprint density at radius 3 is 2.74 bits per heavy atom. The van der Waals surface area contributed by atoms with Crippen LogP contribution < -0.4 is 10.6 Å². The van der Waals surface area contributed by atoms with E-state index in [0.717, 1.165) is 36.3 Å². The predicted octanol–water partition coefficient (Wildman–Crippen LogP) is 3.51. The molecular formula is C18H26N2O2S. The third kappa shape index (κ3) is 7.08. The van der Waals surface area contributed by atoms with Gasteiger partial charge in [-0.15, -0.1) is 0 Å². The maximum atomic E-state index is 11.9. The summed E-state index contributed by atoms with van der Waals surface area (Å²) in [5.74, 6) is 1.49. The number of thioether (sulfide) groups is 1. The molecule has 1 aromatic carbocycles. The van der Waals surface area contributed by atoms with Crippen LogP contribution in [0.25, 0.3) is 0 Å². The summed E-state index contributed by atoms with van der Waals surface area (Å²) in [4.78, 5) is 23.6. The van der Waals surface area contributed by atoms with E-state index >= 15 is 0 Å². The van der Waals surface area contributed by atoms with Crippen molar-refractivity contribution in [3.63, 3.8) is 0 Å². The highest BCUT2D eigenvalue weighted by molar-refractivity contribution is 7.99. The zero-order valence-electron chi connectivity index (χ0n) is 13.8. The molecule has 0 atom stereocenters. The maximum Gasteiger partial charge on any atom is 0.230 e. The Hall–Kier alpha value is -1.49. The molecule has 0 heterocycles. The lowest BCUT2D eigenvalue weighted by Crippen LogP contribution is -2.33. The third-order valence-electron chi connectivity index (χ3n) is 3.95. The second-order valence-corrected chi connectivity index (χ2v) is 7.23. The lowest BCUT2D eigenvalue weighted by atomic mass is 10.2. The van der Waals surface area contributed by atoms with Crippen LogP contribution in [0.2, 0.25) is 0 Å². The number of hydrogen-bond acceptors (Lipinski definition) is 3. The molecule has 0 saturated heterocycles. The molecule has 2 N–H and O–H groups in total. The van der Waals surface area contributed by atoms with Crippen LogP contribution in [-0.4, -0.2) is 29.4 Å². The molecular weight excluding hydrogens is 308 g/mol. The average molecular weight is 334 g/mol. The van der Waals surface area contributed by atoms with Gasteiger partial charge < -0.3 is 10.6 Å². The maximum absolute atomic E-state index is 11.9. The van der Waals surface area contributed by atoms with Crippen LogP contribution in [0.15, 0.2) is 24.3 Å². The van der Waals surface area contributed by atoms with Crippen molar-refractivity contribution in [3.8, 4) is 0 Å². The van der Waals surface area contributed by atoms with Crippen molar-refractivity contribution >= 4 is 29.3 Å². The first-order valence-corrected chi connectivity index (χ1v) is 9.52. The number of rotatable bonds is 8. The van der Waals surface area contributed by atoms with E-state index in [0.29, 0.717) is 18.2 Å². The van der Waals surface area contributed by atoms with Crippen LogP contribution in [0.1, 0.15) is 44.1 Å². The molecule has 1 aliphatic rings. The van der Waals surface area contributed by atoms with Gasteiger partial charge in [-0.25, -0.2) is 0 Å². The minimum absolute atomic E-state index is 0.0339. The van der Waals surface area contributed by atoms with Crippen molar-refractivity contribution in [2.45, 2.75) is 51.5 Å². The molecule has 1 fully saturated rings. The van der Waals surface area contributed by atoms with E-state index in [9.17, 15) is 9.59 Å². The normalized spacial score (nSPS) is 14.7. The molecule has 0 spiro atoms. The number of benzene rings is 1. The molecule has 5 heteroatoms. The first-order valence-electron chi connectivity index (χ1n) is 8.37. The Balaban J connectivity index is 1.52. The number of carbonyl (C=O) groups excluding carboxylic acids is 2. The Morgan fingerprint density at radius 1 is 1.22 bits per heavy atom. The Morgan fingerprint density at radius 2 is 2.00 bits per heavy atom. The molecule has 0 radical (unpaired) electrons. The lowest BCUT2D eigenvalue weighted by molar-refractivity contribution is -0.119. The van der Waals surface area contributed by atoms with Crippen LogP contribution in [0.4, 0.5) is 5.69 Å². The zero-order valence-corrected chi connectivity index (χ0v) is 14.6. The van der Waals surface area contributed by atoms with Crippen LogP contribution in [0.5, 0.6) is 0 Å². The van der Waals surface area contributed by atoms with Crippen LogP contribution in [0, 0.1) is 6.92 Å². The number of aryl methyl sites for hydroxylation is 1. The molecule has 4 nitrogen and oxygen atoms in total. The molecule has 0 aliphatic heterocycles. The van der Waals surface area contributed by atoms with Gasteiger partial charge >= 0.3 is 0 Å². The SMILES string of the molecule is Cc1cccc(NC(=O)CCCSCC(=O)NC2CCCC2)c1. The van der Waals surface area contributed by atoms with Gasteiger partial charge in [0.15, 0.2) is 0 Å². The zero-order chi connectivity index (χ0) is 16.5. The van der Waals surface area contributed by atoms with Crippen molar-refractivity contribution in [2.75, 3.05) is 16.8 Å². The lowest BCUT2D eigenvalue weighted by Gasteiger charge is -2.11. The second kappa shape index (κ2) is 9.60. The number of amides is 2. The minimum Gasteiger partial charge on any atom is -0.353 e. The molecule has 2 amide bonds. The number of hydrogen-bond donors (Lipinski definition) is 2. The Kier molecular flexibility index (Phi) is 7.46. The molecule has 0 aromatic heterocycles.